The Kier molecular flexibility index (Phi) is 6.41. The van der Waals surface area contributed by atoms with Gasteiger partial charge in [-0.05, 0) is 0 Å². The zero-order valence-electron chi connectivity index (χ0n) is 11.0. The molecule has 6 heteroatoms. The van der Waals surface area contributed by atoms with E-state index >= 15 is 0 Å². The molecule has 1 heterocycles. The summed E-state index contributed by atoms with van der Waals surface area (Å²) in [6.07, 6.45) is 4.37. The van der Waals surface area contributed by atoms with Crippen LogP contribution in [0.2, 0.25) is 0 Å². The van der Waals surface area contributed by atoms with Crippen LogP contribution in [0.15, 0.2) is 18.3 Å². The van der Waals surface area contributed by atoms with Crippen LogP contribution in [0, 0.1) is 6.92 Å². The van der Waals surface area contributed by atoms with Gasteiger partial charge in [0.05, 0.1) is 14.1 Å². The third kappa shape index (κ3) is 5.29. The maximum absolute atomic E-state index is 9.55. The third-order valence-electron chi connectivity index (χ3n) is 2.39. The van der Waals surface area contributed by atoms with Gasteiger partial charge in [0.1, 0.15) is 11.9 Å². The van der Waals surface area contributed by atoms with Gasteiger partial charge in [-0.15, -0.1) is 0 Å². The fourth-order valence-corrected chi connectivity index (χ4v) is 1.51. The monoisotopic (exact) mass is 255 g/mol. The van der Waals surface area contributed by atoms with Crippen molar-refractivity contribution >= 4 is 11.9 Å². The Hall–Kier alpha value is -2.11. The Morgan fingerprint density at radius 1 is 1.33 bits per heavy atom. The van der Waals surface area contributed by atoms with Crippen LogP contribution in [0.5, 0.6) is 0 Å². The summed E-state index contributed by atoms with van der Waals surface area (Å²) >= 11 is 0. The van der Waals surface area contributed by atoms with Crippen molar-refractivity contribution in [3.8, 4) is 0 Å². The number of aliphatic carboxylic acids is 2. The first-order chi connectivity index (χ1) is 8.29. The van der Waals surface area contributed by atoms with Crippen LogP contribution < -0.4 is 4.57 Å². The molecule has 0 aromatic carbocycles. The van der Waals surface area contributed by atoms with Crippen molar-refractivity contribution in [1.82, 2.24) is 4.57 Å². The largest absolute Gasteiger partial charge is 0.478 e. The van der Waals surface area contributed by atoms with Crippen molar-refractivity contribution in [3.63, 3.8) is 0 Å². The van der Waals surface area contributed by atoms with Gasteiger partial charge in [0.2, 0.25) is 0 Å². The topological polar surface area (TPSA) is 83.4 Å². The predicted molar refractivity (Wildman–Crippen MR) is 65.1 cm³/mol. The van der Waals surface area contributed by atoms with Crippen molar-refractivity contribution in [2.45, 2.75) is 20.3 Å². The number of carboxylic acids is 2. The number of hydrogen-bond acceptors (Lipinski definition) is 2. The minimum absolute atomic E-state index is 0.558. The molecule has 1 aromatic heterocycles. The van der Waals surface area contributed by atoms with E-state index in [1.54, 1.807) is 0 Å². The molecule has 0 spiro atoms. The normalized spacial score (nSPS) is 10.0. The zero-order valence-corrected chi connectivity index (χ0v) is 11.0. The summed E-state index contributed by atoms with van der Waals surface area (Å²) in [4.78, 5) is 19.1. The smallest absolute Gasteiger partial charge is 0.328 e. The second-order valence-electron chi connectivity index (χ2n) is 3.72. The van der Waals surface area contributed by atoms with Crippen molar-refractivity contribution < 1.29 is 24.4 Å². The van der Waals surface area contributed by atoms with Crippen LogP contribution >= 0.6 is 0 Å². The maximum atomic E-state index is 9.55. The lowest BCUT2D eigenvalue weighted by molar-refractivity contribution is -0.684. The fourth-order valence-electron chi connectivity index (χ4n) is 1.51. The van der Waals surface area contributed by atoms with Gasteiger partial charge in [-0.1, -0.05) is 6.92 Å². The highest BCUT2D eigenvalue weighted by Gasteiger charge is 2.11. The number of hydrogen-bond donors (Lipinski definition) is 2. The maximum Gasteiger partial charge on any atom is 0.328 e. The number of nitrogens with zero attached hydrogens (tertiary/aromatic N) is 2. The van der Waals surface area contributed by atoms with E-state index < -0.39 is 11.9 Å². The van der Waals surface area contributed by atoms with Gasteiger partial charge in [-0.3, -0.25) is 0 Å². The predicted octanol–water partition coefficient (Wildman–Crippen LogP) is 0.432. The molecule has 0 fully saturated rings. The first-order valence-corrected chi connectivity index (χ1v) is 5.44. The second-order valence-corrected chi connectivity index (χ2v) is 3.72. The van der Waals surface area contributed by atoms with Crippen molar-refractivity contribution in [2.75, 3.05) is 0 Å². The third-order valence-corrected chi connectivity index (χ3v) is 2.39. The molecule has 6 nitrogen and oxygen atoms in total. The Labute approximate surface area is 106 Å². The minimum Gasteiger partial charge on any atom is -0.478 e. The highest BCUT2D eigenvalue weighted by Crippen LogP contribution is 1.96. The van der Waals surface area contributed by atoms with E-state index in [-0.39, 0.29) is 0 Å². The van der Waals surface area contributed by atoms with Gasteiger partial charge in [0, 0.05) is 25.5 Å². The molecular formula is C12H19N2O4+. The summed E-state index contributed by atoms with van der Waals surface area (Å²) in [6, 6.07) is 0. The molecule has 0 unspecified atom stereocenters. The van der Waals surface area contributed by atoms with E-state index in [0.29, 0.717) is 12.2 Å². The van der Waals surface area contributed by atoms with Crippen molar-refractivity contribution in [3.05, 3.63) is 29.9 Å². The van der Waals surface area contributed by atoms with E-state index in [1.807, 2.05) is 0 Å². The molecule has 2 N–H and O–H groups in total. The molecule has 1 aromatic rings. The molecule has 0 aliphatic carbocycles. The molecular weight excluding hydrogens is 236 g/mol. The lowest BCUT2D eigenvalue weighted by Crippen LogP contribution is -2.34. The Balaban J connectivity index is 0.000000331. The van der Waals surface area contributed by atoms with Crippen LogP contribution in [0.4, 0.5) is 0 Å². The quantitative estimate of drug-likeness (QED) is 0.606. The highest BCUT2D eigenvalue weighted by molar-refractivity contribution is 5.89. The van der Waals surface area contributed by atoms with Gasteiger partial charge in [0.25, 0.3) is 5.82 Å². The molecule has 0 aliphatic heterocycles. The summed E-state index contributed by atoms with van der Waals surface area (Å²) < 4.78 is 4.40. The van der Waals surface area contributed by atoms with Crippen molar-refractivity contribution in [1.29, 1.82) is 0 Å². The van der Waals surface area contributed by atoms with Gasteiger partial charge in [-0.2, -0.15) is 0 Å². The Bertz CT molecular complexity index is 445. The number of carbonyl (C=O) groups is 2. The Morgan fingerprint density at radius 2 is 1.78 bits per heavy atom. The number of carboxylic acid groups (broad SMARTS) is 2. The second kappa shape index (κ2) is 7.26. The van der Waals surface area contributed by atoms with E-state index in [9.17, 15) is 9.59 Å². The Morgan fingerprint density at radius 3 is 1.94 bits per heavy atom. The van der Waals surface area contributed by atoms with E-state index in [0.717, 1.165) is 6.42 Å². The SMILES string of the molecule is CCc1n(C)cc(C)[n+]1C.O=C(O)/C=C\C(=O)O. The average molecular weight is 255 g/mol. The lowest BCUT2D eigenvalue weighted by atomic mass is 10.4. The van der Waals surface area contributed by atoms with Crippen LogP contribution in [-0.2, 0) is 30.1 Å². The standard InChI is InChI=1S/C8H15N2.C4H4O4/c1-5-8-9(3)6-7(2)10(8)4;5-3(6)1-2-4(7)8/h6H,5H2,1-4H3;1-2H,(H,5,6)(H,7,8)/q+1;/b;2-1-. The summed E-state index contributed by atoms with van der Waals surface area (Å²) in [6.45, 7) is 4.30. The number of imidazole rings is 1. The minimum atomic E-state index is -1.26. The first-order valence-electron chi connectivity index (χ1n) is 5.44. The molecule has 0 radical (unpaired) electrons. The molecule has 0 saturated carbocycles. The van der Waals surface area contributed by atoms with Gasteiger partial charge >= 0.3 is 11.9 Å². The fraction of sp³-hybridized carbons (Fsp3) is 0.417. The van der Waals surface area contributed by atoms with Crippen LogP contribution in [-0.4, -0.2) is 26.7 Å². The van der Waals surface area contributed by atoms with Crippen LogP contribution in [0.1, 0.15) is 18.4 Å². The average Bonchev–Trinajstić information content (AvgIpc) is 2.51. The number of aryl methyl sites for hydroxylation is 2. The summed E-state index contributed by atoms with van der Waals surface area (Å²) in [7, 11) is 4.19. The zero-order chi connectivity index (χ0) is 14.3. The van der Waals surface area contributed by atoms with Gasteiger partial charge < -0.3 is 10.2 Å². The molecule has 0 saturated heterocycles. The summed E-state index contributed by atoms with van der Waals surface area (Å²) in [5.74, 6) is -1.14. The number of aromatic nitrogens is 2. The molecule has 0 aliphatic rings. The molecule has 1 rings (SSSR count). The molecule has 0 atom stereocenters. The summed E-state index contributed by atoms with van der Waals surface area (Å²) in [5, 5.41) is 15.6. The van der Waals surface area contributed by atoms with E-state index in [4.69, 9.17) is 10.2 Å². The number of rotatable bonds is 3. The van der Waals surface area contributed by atoms with Crippen molar-refractivity contribution in [2.24, 2.45) is 14.1 Å². The van der Waals surface area contributed by atoms with E-state index in [2.05, 4.69) is 43.3 Å². The van der Waals surface area contributed by atoms with E-state index in [1.165, 1.54) is 11.5 Å². The highest BCUT2D eigenvalue weighted by atomic mass is 16.4. The van der Waals surface area contributed by atoms with Crippen LogP contribution in [0.25, 0.3) is 0 Å². The van der Waals surface area contributed by atoms with Crippen LogP contribution in [0.3, 0.4) is 0 Å². The molecule has 18 heavy (non-hydrogen) atoms. The van der Waals surface area contributed by atoms with Gasteiger partial charge in [-0.25, -0.2) is 18.7 Å². The molecule has 0 bridgehead atoms. The first kappa shape index (κ1) is 15.9. The molecule has 0 amide bonds. The lowest BCUT2D eigenvalue weighted by Gasteiger charge is -1.91. The summed E-state index contributed by atoms with van der Waals surface area (Å²) in [5.41, 5.74) is 1.32. The van der Waals surface area contributed by atoms with Gasteiger partial charge in [0.15, 0.2) is 0 Å². The molecule has 100 valence electrons.